The smallest absolute Gasteiger partial charge is 0.336 e. The summed E-state index contributed by atoms with van der Waals surface area (Å²) in [6, 6.07) is 3.88. The van der Waals surface area contributed by atoms with Gasteiger partial charge in [-0.05, 0) is 53.1 Å². The summed E-state index contributed by atoms with van der Waals surface area (Å²) in [4.78, 5) is 10.9. The number of hydrogen-bond acceptors (Lipinski definition) is 4. The number of carboxylic acid groups (broad SMARTS) is 1. The molecule has 0 bridgehead atoms. The van der Waals surface area contributed by atoms with E-state index in [2.05, 4.69) is 4.72 Å². The zero-order valence-electron chi connectivity index (χ0n) is 11.7. The zero-order valence-corrected chi connectivity index (χ0v) is 14.7. The van der Waals surface area contributed by atoms with E-state index in [4.69, 9.17) is 5.11 Å². The van der Waals surface area contributed by atoms with Gasteiger partial charge in [-0.1, -0.05) is 13.8 Å². The van der Waals surface area contributed by atoms with E-state index in [1.807, 2.05) is 36.4 Å². The van der Waals surface area contributed by atoms with Crippen molar-refractivity contribution in [1.29, 1.82) is 0 Å². The van der Waals surface area contributed by atoms with E-state index >= 15 is 0 Å². The maximum Gasteiger partial charge on any atom is 0.336 e. The molecule has 0 aliphatic carbocycles. The Morgan fingerprint density at radius 1 is 1.38 bits per heavy atom. The summed E-state index contributed by atoms with van der Waals surface area (Å²) in [6.45, 7) is 3.75. The van der Waals surface area contributed by atoms with E-state index in [1.165, 1.54) is 12.1 Å². The van der Waals surface area contributed by atoms with Crippen molar-refractivity contribution in [3.8, 4) is 0 Å². The quantitative estimate of drug-likeness (QED) is 0.575. The number of rotatable bonds is 7. The molecule has 118 valence electrons. The van der Waals surface area contributed by atoms with Crippen LogP contribution in [0.1, 0.15) is 30.6 Å². The maximum atomic E-state index is 12.1. The van der Waals surface area contributed by atoms with Crippen LogP contribution < -0.4 is 4.72 Å². The first kappa shape index (κ1) is 18.3. The van der Waals surface area contributed by atoms with Crippen molar-refractivity contribution >= 4 is 38.6 Å². The number of sulfonamides is 1. The van der Waals surface area contributed by atoms with Gasteiger partial charge < -0.3 is 10.2 Å². The molecule has 0 amide bonds. The number of aromatic carboxylic acids is 1. The molecule has 1 unspecified atom stereocenters. The van der Waals surface area contributed by atoms with Gasteiger partial charge in [0.2, 0.25) is 10.0 Å². The second-order valence-corrected chi connectivity index (χ2v) is 8.01. The minimum absolute atomic E-state index is 0.0683. The third-order valence-electron chi connectivity index (χ3n) is 2.73. The molecule has 1 aromatic carbocycles. The largest absolute Gasteiger partial charge is 0.478 e. The lowest BCUT2D eigenvalue weighted by Crippen LogP contribution is -2.33. The fourth-order valence-electron chi connectivity index (χ4n) is 1.75. The summed E-state index contributed by atoms with van der Waals surface area (Å²) in [5.74, 6) is -0.933. The maximum absolute atomic E-state index is 12.1. The number of halogens is 1. The van der Waals surface area contributed by atoms with Crippen LogP contribution in [0.2, 0.25) is 0 Å². The Hall–Kier alpha value is -0.710. The Morgan fingerprint density at radius 2 is 2.00 bits per heavy atom. The molecule has 0 saturated heterocycles. The van der Waals surface area contributed by atoms with Gasteiger partial charge in [-0.15, -0.1) is 0 Å². The van der Waals surface area contributed by atoms with Crippen LogP contribution in [0.3, 0.4) is 0 Å². The van der Waals surface area contributed by atoms with E-state index in [9.17, 15) is 18.3 Å². The van der Waals surface area contributed by atoms with Crippen molar-refractivity contribution < 1.29 is 23.4 Å². The molecule has 21 heavy (non-hydrogen) atoms. The van der Waals surface area contributed by atoms with E-state index in [0.29, 0.717) is 9.99 Å². The SMILES string of the molecule is CC(C)CC(O)CNS(=O)(=O)c1ccc(I)c(C(=O)O)c1. The van der Waals surface area contributed by atoms with Crippen LogP contribution >= 0.6 is 22.6 Å². The summed E-state index contributed by atoms with van der Waals surface area (Å²) in [6.07, 6.45) is -0.294. The molecule has 1 atom stereocenters. The van der Waals surface area contributed by atoms with Crippen LogP contribution in [-0.4, -0.2) is 37.2 Å². The van der Waals surface area contributed by atoms with Gasteiger partial charge in [-0.3, -0.25) is 0 Å². The average molecular weight is 427 g/mol. The van der Waals surface area contributed by atoms with Crippen molar-refractivity contribution in [2.45, 2.75) is 31.3 Å². The Bertz CT molecular complexity index is 615. The number of aliphatic hydroxyl groups excluding tert-OH is 1. The number of benzene rings is 1. The number of nitrogens with one attached hydrogen (secondary N) is 1. The van der Waals surface area contributed by atoms with Crippen molar-refractivity contribution in [1.82, 2.24) is 4.72 Å². The lowest BCUT2D eigenvalue weighted by Gasteiger charge is -2.14. The third kappa shape index (κ3) is 5.53. The van der Waals surface area contributed by atoms with Gasteiger partial charge in [0.15, 0.2) is 0 Å². The second-order valence-electron chi connectivity index (χ2n) is 5.08. The highest BCUT2D eigenvalue weighted by molar-refractivity contribution is 14.1. The van der Waals surface area contributed by atoms with Crippen LogP contribution in [0.15, 0.2) is 23.1 Å². The summed E-state index contributed by atoms with van der Waals surface area (Å²) in [5.41, 5.74) is -0.0683. The molecular weight excluding hydrogens is 409 g/mol. The third-order valence-corrected chi connectivity index (χ3v) is 5.09. The minimum atomic E-state index is -3.84. The highest BCUT2D eigenvalue weighted by atomic mass is 127. The lowest BCUT2D eigenvalue weighted by molar-refractivity contribution is 0.0695. The van der Waals surface area contributed by atoms with E-state index in [-0.39, 0.29) is 22.9 Å². The van der Waals surface area contributed by atoms with E-state index in [1.54, 1.807) is 0 Å². The average Bonchev–Trinajstić information content (AvgIpc) is 2.35. The Labute approximate surface area is 137 Å². The monoisotopic (exact) mass is 427 g/mol. The molecule has 0 heterocycles. The molecule has 1 rings (SSSR count). The fraction of sp³-hybridized carbons (Fsp3) is 0.462. The molecule has 0 fully saturated rings. The molecule has 6 nitrogen and oxygen atoms in total. The molecule has 3 N–H and O–H groups in total. The Balaban J connectivity index is 2.88. The number of aliphatic hydroxyl groups is 1. The number of hydrogen-bond donors (Lipinski definition) is 3. The first-order valence-electron chi connectivity index (χ1n) is 6.34. The number of carboxylic acids is 1. The van der Waals surface area contributed by atoms with Crippen LogP contribution in [0.4, 0.5) is 0 Å². The van der Waals surface area contributed by atoms with Gasteiger partial charge in [-0.25, -0.2) is 17.9 Å². The molecule has 0 saturated carbocycles. The minimum Gasteiger partial charge on any atom is -0.478 e. The van der Waals surface area contributed by atoms with Gasteiger partial charge in [0.05, 0.1) is 16.6 Å². The summed E-state index contributed by atoms with van der Waals surface area (Å²) >= 11 is 1.83. The summed E-state index contributed by atoms with van der Waals surface area (Å²) in [7, 11) is -3.84. The Kier molecular flexibility index (Phi) is 6.57. The topological polar surface area (TPSA) is 104 Å². The van der Waals surface area contributed by atoms with Gasteiger partial charge in [-0.2, -0.15) is 0 Å². The van der Waals surface area contributed by atoms with Crippen molar-refractivity contribution in [2.24, 2.45) is 5.92 Å². The standard InChI is InChI=1S/C13H18INO5S/c1-8(2)5-9(16)7-15-21(19,20)10-3-4-12(14)11(6-10)13(17)18/h3-4,6,8-9,15-16H,5,7H2,1-2H3,(H,17,18). The van der Waals surface area contributed by atoms with E-state index in [0.717, 1.165) is 6.07 Å². The van der Waals surface area contributed by atoms with Crippen LogP contribution in [0.5, 0.6) is 0 Å². The zero-order chi connectivity index (χ0) is 16.2. The van der Waals surface area contributed by atoms with Crippen molar-refractivity contribution in [2.75, 3.05) is 6.54 Å². The van der Waals surface area contributed by atoms with Crippen LogP contribution in [0.25, 0.3) is 0 Å². The van der Waals surface area contributed by atoms with Crippen molar-refractivity contribution in [3.63, 3.8) is 0 Å². The normalized spacial score (nSPS) is 13.4. The molecule has 0 spiro atoms. The molecule has 0 radical (unpaired) electrons. The first-order chi connectivity index (χ1) is 9.63. The molecule has 8 heteroatoms. The van der Waals surface area contributed by atoms with Crippen LogP contribution in [-0.2, 0) is 10.0 Å². The lowest BCUT2D eigenvalue weighted by atomic mass is 10.1. The predicted octanol–water partition coefficient (Wildman–Crippen LogP) is 1.67. The van der Waals surface area contributed by atoms with Gasteiger partial charge >= 0.3 is 5.97 Å². The van der Waals surface area contributed by atoms with E-state index < -0.39 is 22.1 Å². The number of carbonyl (C=O) groups is 1. The highest BCUT2D eigenvalue weighted by Crippen LogP contribution is 2.18. The van der Waals surface area contributed by atoms with Crippen molar-refractivity contribution in [3.05, 3.63) is 27.3 Å². The van der Waals surface area contributed by atoms with Gasteiger partial charge in [0.1, 0.15) is 0 Å². The predicted molar refractivity (Wildman–Crippen MR) is 86.8 cm³/mol. The molecule has 1 aromatic rings. The van der Waals surface area contributed by atoms with Gasteiger partial charge in [0, 0.05) is 10.1 Å². The first-order valence-corrected chi connectivity index (χ1v) is 8.90. The van der Waals surface area contributed by atoms with Gasteiger partial charge in [0.25, 0.3) is 0 Å². The molecule has 0 aliphatic heterocycles. The summed E-state index contributed by atoms with van der Waals surface area (Å²) < 4.78 is 26.9. The second kappa shape index (κ2) is 7.52. The highest BCUT2D eigenvalue weighted by Gasteiger charge is 2.19. The summed E-state index contributed by atoms with van der Waals surface area (Å²) in [5, 5.41) is 18.7. The van der Waals surface area contributed by atoms with Crippen LogP contribution in [0, 0.1) is 9.49 Å². The molecule has 0 aliphatic rings. The molecule has 0 aromatic heterocycles. The fourth-order valence-corrected chi connectivity index (χ4v) is 3.42. The Morgan fingerprint density at radius 3 is 2.52 bits per heavy atom. The molecular formula is C13H18INO5S.